The zero-order chi connectivity index (χ0) is 13.0. The summed E-state index contributed by atoms with van der Waals surface area (Å²) in [5.41, 5.74) is 6.30. The van der Waals surface area contributed by atoms with Gasteiger partial charge in [0.05, 0.1) is 5.56 Å². The van der Waals surface area contributed by atoms with E-state index in [1.807, 2.05) is 0 Å². The molecule has 0 fully saturated rings. The van der Waals surface area contributed by atoms with Crippen LogP contribution in [-0.4, -0.2) is 4.98 Å². The third-order valence-corrected chi connectivity index (χ3v) is 2.35. The van der Waals surface area contributed by atoms with Gasteiger partial charge < -0.3 is 10.5 Å². The van der Waals surface area contributed by atoms with Crippen molar-refractivity contribution in [2.75, 3.05) is 5.73 Å². The second kappa shape index (κ2) is 5.15. The molecule has 4 nitrogen and oxygen atoms in total. The van der Waals surface area contributed by atoms with Gasteiger partial charge in [0.1, 0.15) is 18.5 Å². The Kier molecular flexibility index (Phi) is 3.39. The Morgan fingerprint density at radius 2 is 2.22 bits per heavy atom. The number of nitrogen functional groups attached to an aromatic ring is 1. The monoisotopic (exact) mass is 243 g/mol. The number of hydrogen-bond donors (Lipinski definition) is 1. The van der Waals surface area contributed by atoms with E-state index in [1.165, 1.54) is 12.1 Å². The number of nitriles is 1. The molecular weight excluding hydrogens is 233 g/mol. The molecule has 5 heteroatoms. The fourth-order valence-electron chi connectivity index (χ4n) is 1.43. The number of rotatable bonds is 3. The lowest BCUT2D eigenvalue weighted by molar-refractivity contribution is 0.307. The molecule has 0 saturated heterocycles. The fourth-order valence-corrected chi connectivity index (χ4v) is 1.43. The molecule has 0 radical (unpaired) electrons. The SMILES string of the molecule is N#Cc1cc(COc2cccnc2N)ccc1F. The molecular formula is C13H10FN3O. The lowest BCUT2D eigenvalue weighted by Crippen LogP contribution is -2.00. The van der Waals surface area contributed by atoms with Crippen molar-refractivity contribution in [3.8, 4) is 11.8 Å². The Morgan fingerprint density at radius 3 is 2.94 bits per heavy atom. The van der Waals surface area contributed by atoms with Crippen molar-refractivity contribution in [3.63, 3.8) is 0 Å². The summed E-state index contributed by atoms with van der Waals surface area (Å²) in [6.07, 6.45) is 1.56. The second-order valence-corrected chi connectivity index (χ2v) is 3.60. The molecule has 0 atom stereocenters. The molecule has 2 N–H and O–H groups in total. The molecule has 0 bridgehead atoms. The van der Waals surface area contributed by atoms with Crippen molar-refractivity contribution in [1.82, 2.24) is 4.98 Å². The fraction of sp³-hybridized carbons (Fsp3) is 0.0769. The third-order valence-electron chi connectivity index (χ3n) is 2.35. The van der Waals surface area contributed by atoms with Crippen molar-refractivity contribution < 1.29 is 9.13 Å². The van der Waals surface area contributed by atoms with E-state index in [0.29, 0.717) is 17.1 Å². The van der Waals surface area contributed by atoms with E-state index in [1.54, 1.807) is 30.5 Å². The van der Waals surface area contributed by atoms with Crippen LogP contribution in [0, 0.1) is 17.1 Å². The number of ether oxygens (including phenoxy) is 1. The summed E-state index contributed by atoms with van der Waals surface area (Å²) in [7, 11) is 0. The molecule has 1 aromatic heterocycles. The topological polar surface area (TPSA) is 71.9 Å². The van der Waals surface area contributed by atoms with E-state index in [-0.39, 0.29) is 12.2 Å². The molecule has 0 saturated carbocycles. The number of anilines is 1. The summed E-state index contributed by atoms with van der Waals surface area (Å²) >= 11 is 0. The smallest absolute Gasteiger partial charge is 0.166 e. The van der Waals surface area contributed by atoms with Gasteiger partial charge in [0.15, 0.2) is 11.6 Å². The van der Waals surface area contributed by atoms with Crippen LogP contribution in [0.5, 0.6) is 5.75 Å². The Hall–Kier alpha value is -2.61. The summed E-state index contributed by atoms with van der Waals surface area (Å²) in [6, 6.07) is 9.42. The molecule has 1 aromatic carbocycles. The summed E-state index contributed by atoms with van der Waals surface area (Å²) in [5, 5.41) is 8.71. The van der Waals surface area contributed by atoms with Gasteiger partial charge in [-0.25, -0.2) is 9.37 Å². The Balaban J connectivity index is 2.12. The van der Waals surface area contributed by atoms with Crippen LogP contribution in [0.4, 0.5) is 10.2 Å². The number of pyridine rings is 1. The molecule has 0 unspecified atom stereocenters. The lowest BCUT2D eigenvalue weighted by Gasteiger charge is -2.08. The van der Waals surface area contributed by atoms with E-state index >= 15 is 0 Å². The van der Waals surface area contributed by atoms with Crippen LogP contribution in [-0.2, 0) is 6.61 Å². The van der Waals surface area contributed by atoms with Crippen LogP contribution >= 0.6 is 0 Å². The molecule has 2 aromatic rings. The van der Waals surface area contributed by atoms with Gasteiger partial charge in [-0.1, -0.05) is 6.07 Å². The predicted octanol–water partition coefficient (Wildman–Crippen LogP) is 2.25. The number of aromatic nitrogens is 1. The number of nitrogens with zero attached hydrogens (tertiary/aromatic N) is 2. The standard InChI is InChI=1S/C13H10FN3O/c14-11-4-3-9(6-10(11)7-15)8-18-12-2-1-5-17-13(12)16/h1-6H,8H2,(H2,16,17). The molecule has 18 heavy (non-hydrogen) atoms. The molecule has 2 rings (SSSR count). The van der Waals surface area contributed by atoms with E-state index in [0.717, 1.165) is 0 Å². The molecule has 1 heterocycles. The Bertz CT molecular complexity index is 607. The summed E-state index contributed by atoms with van der Waals surface area (Å²) in [4.78, 5) is 3.88. The largest absolute Gasteiger partial charge is 0.485 e. The van der Waals surface area contributed by atoms with Crippen LogP contribution in [0.3, 0.4) is 0 Å². The Labute approximate surface area is 103 Å². The highest BCUT2D eigenvalue weighted by molar-refractivity contribution is 5.45. The average Bonchev–Trinajstić information content (AvgIpc) is 2.39. The van der Waals surface area contributed by atoms with Gasteiger partial charge in [-0.3, -0.25) is 0 Å². The van der Waals surface area contributed by atoms with Crippen LogP contribution in [0.25, 0.3) is 0 Å². The first kappa shape index (κ1) is 11.9. The van der Waals surface area contributed by atoms with Crippen molar-refractivity contribution in [2.45, 2.75) is 6.61 Å². The first-order chi connectivity index (χ1) is 8.70. The number of hydrogen-bond acceptors (Lipinski definition) is 4. The number of halogens is 1. The van der Waals surface area contributed by atoms with Crippen molar-refractivity contribution in [2.24, 2.45) is 0 Å². The average molecular weight is 243 g/mol. The number of nitrogens with two attached hydrogens (primary N) is 1. The van der Waals surface area contributed by atoms with Gasteiger partial charge in [0.25, 0.3) is 0 Å². The molecule has 0 aliphatic carbocycles. The van der Waals surface area contributed by atoms with Gasteiger partial charge in [-0.05, 0) is 29.8 Å². The lowest BCUT2D eigenvalue weighted by atomic mass is 10.1. The van der Waals surface area contributed by atoms with Crippen LogP contribution < -0.4 is 10.5 Å². The summed E-state index contributed by atoms with van der Waals surface area (Å²) < 4.78 is 18.5. The maximum Gasteiger partial charge on any atom is 0.166 e. The van der Waals surface area contributed by atoms with E-state index < -0.39 is 5.82 Å². The van der Waals surface area contributed by atoms with Crippen LogP contribution in [0.15, 0.2) is 36.5 Å². The second-order valence-electron chi connectivity index (χ2n) is 3.60. The molecule has 90 valence electrons. The van der Waals surface area contributed by atoms with Crippen molar-refractivity contribution >= 4 is 5.82 Å². The molecule has 0 spiro atoms. The normalized spacial score (nSPS) is 9.78. The van der Waals surface area contributed by atoms with E-state index in [2.05, 4.69) is 4.98 Å². The van der Waals surface area contributed by atoms with Crippen LogP contribution in [0.1, 0.15) is 11.1 Å². The number of benzene rings is 1. The minimum absolute atomic E-state index is 0.00439. The van der Waals surface area contributed by atoms with Gasteiger partial charge in [-0.2, -0.15) is 5.26 Å². The maximum atomic E-state index is 13.1. The predicted molar refractivity (Wildman–Crippen MR) is 64.1 cm³/mol. The zero-order valence-corrected chi connectivity index (χ0v) is 9.43. The van der Waals surface area contributed by atoms with Gasteiger partial charge in [-0.15, -0.1) is 0 Å². The molecule has 0 aliphatic rings. The zero-order valence-electron chi connectivity index (χ0n) is 9.43. The van der Waals surface area contributed by atoms with E-state index in [9.17, 15) is 4.39 Å². The first-order valence-corrected chi connectivity index (χ1v) is 5.22. The molecule has 0 amide bonds. The minimum atomic E-state index is -0.540. The highest BCUT2D eigenvalue weighted by Crippen LogP contribution is 2.19. The highest BCUT2D eigenvalue weighted by Gasteiger charge is 2.04. The van der Waals surface area contributed by atoms with Gasteiger partial charge in [0, 0.05) is 6.20 Å². The quantitative estimate of drug-likeness (QED) is 0.897. The summed E-state index contributed by atoms with van der Waals surface area (Å²) in [5.74, 6) is 0.211. The van der Waals surface area contributed by atoms with Crippen LogP contribution in [0.2, 0.25) is 0 Å². The summed E-state index contributed by atoms with van der Waals surface area (Å²) in [6.45, 7) is 0.199. The van der Waals surface area contributed by atoms with Crippen molar-refractivity contribution in [3.05, 3.63) is 53.5 Å². The first-order valence-electron chi connectivity index (χ1n) is 5.22. The highest BCUT2D eigenvalue weighted by atomic mass is 19.1. The van der Waals surface area contributed by atoms with Gasteiger partial charge >= 0.3 is 0 Å². The third kappa shape index (κ3) is 2.55. The minimum Gasteiger partial charge on any atom is -0.485 e. The van der Waals surface area contributed by atoms with Gasteiger partial charge in [0.2, 0.25) is 0 Å². The van der Waals surface area contributed by atoms with Crippen molar-refractivity contribution in [1.29, 1.82) is 5.26 Å². The maximum absolute atomic E-state index is 13.1. The van der Waals surface area contributed by atoms with E-state index in [4.69, 9.17) is 15.7 Å². The Morgan fingerprint density at radius 1 is 1.39 bits per heavy atom. The molecule has 0 aliphatic heterocycles.